The van der Waals surface area contributed by atoms with Gasteiger partial charge in [0.2, 0.25) is 0 Å². The first kappa shape index (κ1) is 13.9. The highest BCUT2D eigenvalue weighted by molar-refractivity contribution is 6.64. The van der Waals surface area contributed by atoms with Crippen molar-refractivity contribution in [2.24, 2.45) is 5.41 Å². The predicted octanol–water partition coefficient (Wildman–Crippen LogP) is 2.71. The lowest BCUT2D eigenvalue weighted by Crippen LogP contribution is -2.23. The van der Waals surface area contributed by atoms with E-state index in [1.807, 2.05) is 0 Å². The summed E-state index contributed by atoms with van der Waals surface area (Å²) in [5.41, 5.74) is 0.0134. The quantitative estimate of drug-likeness (QED) is 0.667. The van der Waals surface area contributed by atoms with Crippen molar-refractivity contribution in [1.29, 1.82) is 0 Å². The number of ketones is 1. The van der Waals surface area contributed by atoms with Crippen LogP contribution in [0.15, 0.2) is 24.3 Å². The minimum atomic E-state index is -1.46. The van der Waals surface area contributed by atoms with Crippen molar-refractivity contribution in [3.8, 4) is 0 Å². The Morgan fingerprint density at radius 2 is 1.76 bits per heavy atom. The third-order valence-corrected chi connectivity index (χ3v) is 2.60. The molecular formula is C13H15ClO3. The average molecular weight is 255 g/mol. The van der Waals surface area contributed by atoms with E-state index in [0.717, 1.165) is 0 Å². The van der Waals surface area contributed by atoms with Crippen molar-refractivity contribution in [3.63, 3.8) is 0 Å². The Morgan fingerprint density at radius 3 is 2.24 bits per heavy atom. The number of aliphatic hydroxyl groups excluding tert-OH is 1. The van der Waals surface area contributed by atoms with Crippen molar-refractivity contribution in [3.05, 3.63) is 35.4 Å². The zero-order valence-corrected chi connectivity index (χ0v) is 10.8. The fraction of sp³-hybridized carbons (Fsp3) is 0.385. The molecule has 0 aliphatic heterocycles. The van der Waals surface area contributed by atoms with E-state index in [9.17, 15) is 14.7 Å². The minimum Gasteiger partial charge on any atom is -0.379 e. The summed E-state index contributed by atoms with van der Waals surface area (Å²) in [6.45, 7) is 5.34. The maximum absolute atomic E-state index is 12.1. The maximum atomic E-state index is 12.1. The van der Waals surface area contributed by atoms with Gasteiger partial charge in [-0.2, -0.15) is 0 Å². The monoisotopic (exact) mass is 254 g/mol. The van der Waals surface area contributed by atoms with E-state index in [1.165, 1.54) is 6.07 Å². The van der Waals surface area contributed by atoms with Gasteiger partial charge in [0, 0.05) is 16.5 Å². The highest BCUT2D eigenvalue weighted by atomic mass is 35.5. The number of aliphatic hydroxyl groups is 1. The van der Waals surface area contributed by atoms with E-state index in [4.69, 9.17) is 11.6 Å². The molecule has 3 nitrogen and oxygen atoms in total. The molecule has 0 aliphatic carbocycles. The Morgan fingerprint density at radius 1 is 1.24 bits per heavy atom. The molecule has 0 radical (unpaired) electrons. The largest absolute Gasteiger partial charge is 0.379 e. The van der Waals surface area contributed by atoms with Gasteiger partial charge in [0.15, 0.2) is 11.9 Å². The van der Waals surface area contributed by atoms with Gasteiger partial charge in [0.25, 0.3) is 5.24 Å². The van der Waals surface area contributed by atoms with Crippen molar-refractivity contribution >= 4 is 22.6 Å². The maximum Gasteiger partial charge on any atom is 0.254 e. The Kier molecular flexibility index (Phi) is 4.07. The summed E-state index contributed by atoms with van der Waals surface area (Å²) in [4.78, 5) is 23.1. The molecule has 0 spiro atoms. The third-order valence-electron chi connectivity index (χ3n) is 2.40. The molecule has 0 amide bonds. The molecule has 0 saturated heterocycles. The summed E-state index contributed by atoms with van der Waals surface area (Å²) >= 11 is 5.25. The summed E-state index contributed by atoms with van der Waals surface area (Å²) in [6, 6.07) is 6.46. The van der Waals surface area contributed by atoms with E-state index in [0.29, 0.717) is 5.56 Å². The Hall–Kier alpha value is -1.19. The molecule has 1 aromatic rings. The van der Waals surface area contributed by atoms with Crippen LogP contribution >= 0.6 is 11.6 Å². The van der Waals surface area contributed by atoms with Crippen LogP contribution in [-0.2, 0) is 4.79 Å². The Balaban J connectivity index is 3.26. The van der Waals surface area contributed by atoms with Crippen molar-refractivity contribution in [2.75, 3.05) is 0 Å². The number of carbonyl (C=O) groups is 2. The van der Waals surface area contributed by atoms with Gasteiger partial charge in [-0.15, -0.1) is 0 Å². The van der Waals surface area contributed by atoms with Gasteiger partial charge in [0.05, 0.1) is 0 Å². The number of Topliss-reactive ketones (excluding diaryl/α,β-unsaturated/α-hetero) is 1. The molecule has 1 N–H and O–H groups in total. The van der Waals surface area contributed by atoms with Crippen molar-refractivity contribution in [2.45, 2.75) is 26.9 Å². The molecule has 1 unspecified atom stereocenters. The normalized spacial score (nSPS) is 13.2. The van der Waals surface area contributed by atoms with Crippen LogP contribution in [0.25, 0.3) is 0 Å². The van der Waals surface area contributed by atoms with Gasteiger partial charge in [0.1, 0.15) is 0 Å². The average Bonchev–Trinajstić information content (AvgIpc) is 2.25. The molecule has 0 aromatic heterocycles. The lowest BCUT2D eigenvalue weighted by Gasteiger charge is -2.20. The molecule has 17 heavy (non-hydrogen) atoms. The number of benzene rings is 1. The minimum absolute atomic E-state index is 0.134. The van der Waals surface area contributed by atoms with Gasteiger partial charge in [-0.1, -0.05) is 45.0 Å². The molecule has 1 atom stereocenters. The summed E-state index contributed by atoms with van der Waals surface area (Å²) < 4.78 is 0. The van der Waals surface area contributed by atoms with Crippen LogP contribution in [0.1, 0.15) is 42.8 Å². The van der Waals surface area contributed by atoms with Crippen LogP contribution in [0.4, 0.5) is 0 Å². The second-order valence-corrected chi connectivity index (χ2v) is 5.25. The number of carbonyl (C=O) groups excluding carboxylic acids is 2. The molecule has 92 valence electrons. The van der Waals surface area contributed by atoms with E-state index >= 15 is 0 Å². The number of rotatable bonds is 3. The van der Waals surface area contributed by atoms with Gasteiger partial charge in [-0.25, -0.2) is 0 Å². The lowest BCUT2D eigenvalue weighted by atomic mass is 9.84. The first-order chi connectivity index (χ1) is 7.75. The summed E-state index contributed by atoms with van der Waals surface area (Å²) in [6.07, 6.45) is -1.46. The van der Waals surface area contributed by atoms with Crippen LogP contribution in [0.5, 0.6) is 0 Å². The predicted molar refractivity (Wildman–Crippen MR) is 66.0 cm³/mol. The topological polar surface area (TPSA) is 54.4 Å². The summed E-state index contributed by atoms with van der Waals surface area (Å²) in [5, 5.41) is 8.77. The van der Waals surface area contributed by atoms with E-state index in [1.54, 1.807) is 39.0 Å². The molecule has 0 aliphatic rings. The standard InChI is InChI=1S/C13H15ClO3/c1-13(2,3)11(16)9-7-5-4-6-8(9)10(15)12(14)17/h4-7,10,15H,1-3H3. The van der Waals surface area contributed by atoms with E-state index in [2.05, 4.69) is 0 Å². The zero-order valence-electron chi connectivity index (χ0n) is 10.0. The van der Waals surface area contributed by atoms with Crippen molar-refractivity contribution in [1.82, 2.24) is 0 Å². The highest BCUT2D eigenvalue weighted by Gasteiger charge is 2.28. The molecule has 0 fully saturated rings. The van der Waals surface area contributed by atoms with Crippen LogP contribution < -0.4 is 0 Å². The molecule has 0 heterocycles. The third kappa shape index (κ3) is 3.14. The fourth-order valence-corrected chi connectivity index (χ4v) is 1.59. The first-order valence-electron chi connectivity index (χ1n) is 5.26. The smallest absolute Gasteiger partial charge is 0.254 e. The summed E-state index contributed by atoms with van der Waals surface area (Å²) in [5.74, 6) is -0.134. The molecule has 0 saturated carbocycles. The van der Waals surface area contributed by atoms with Gasteiger partial charge < -0.3 is 5.11 Å². The second kappa shape index (κ2) is 4.98. The highest BCUT2D eigenvalue weighted by Crippen LogP contribution is 2.27. The molecular weight excluding hydrogens is 240 g/mol. The van der Waals surface area contributed by atoms with Gasteiger partial charge in [-0.3, -0.25) is 9.59 Å². The lowest BCUT2D eigenvalue weighted by molar-refractivity contribution is -0.119. The van der Waals surface area contributed by atoms with E-state index in [-0.39, 0.29) is 11.3 Å². The van der Waals surface area contributed by atoms with Crippen LogP contribution in [-0.4, -0.2) is 16.1 Å². The molecule has 1 rings (SSSR count). The Labute approximate surface area is 105 Å². The molecule has 4 heteroatoms. The second-order valence-electron chi connectivity index (χ2n) is 4.87. The number of hydrogen-bond acceptors (Lipinski definition) is 3. The van der Waals surface area contributed by atoms with Crippen LogP contribution in [0.3, 0.4) is 0 Å². The Bertz CT molecular complexity index is 446. The van der Waals surface area contributed by atoms with Gasteiger partial charge in [-0.05, 0) is 11.6 Å². The first-order valence-corrected chi connectivity index (χ1v) is 5.64. The summed E-state index contributed by atoms with van der Waals surface area (Å²) in [7, 11) is 0. The fourth-order valence-electron chi connectivity index (χ4n) is 1.47. The van der Waals surface area contributed by atoms with Crippen molar-refractivity contribution < 1.29 is 14.7 Å². The number of halogens is 1. The number of hydrogen-bond donors (Lipinski definition) is 1. The van der Waals surface area contributed by atoms with Gasteiger partial charge >= 0.3 is 0 Å². The van der Waals surface area contributed by atoms with Crippen LogP contribution in [0.2, 0.25) is 0 Å². The van der Waals surface area contributed by atoms with Crippen LogP contribution in [0, 0.1) is 5.41 Å². The van der Waals surface area contributed by atoms with E-state index < -0.39 is 16.8 Å². The molecule has 1 aromatic carbocycles. The SMILES string of the molecule is CC(C)(C)C(=O)c1ccccc1C(O)C(=O)Cl. The molecule has 0 bridgehead atoms. The zero-order chi connectivity index (χ0) is 13.2.